The lowest BCUT2D eigenvalue weighted by molar-refractivity contribution is -0.223. The van der Waals surface area contributed by atoms with Crippen LogP contribution in [0, 0.1) is 46.3 Å². The molecular weight excluding hydrogens is 518 g/mol. The Balaban J connectivity index is 1.20. The smallest absolute Gasteiger partial charge is 0.220 e. The third-order valence-electron chi connectivity index (χ3n) is 12.3. The molecule has 4 aliphatic rings. The molecule has 0 radical (unpaired) electrons. The Morgan fingerprint density at radius 3 is 2.22 bits per heavy atom. The van der Waals surface area contributed by atoms with Gasteiger partial charge in [0.05, 0.1) is 18.3 Å². The minimum atomic E-state index is -0.746. The largest absolute Gasteiger partial charge is 0.393 e. The molecule has 0 aromatic heterocycles. The molecule has 8 nitrogen and oxygen atoms in total. The van der Waals surface area contributed by atoms with Crippen LogP contribution in [0.3, 0.4) is 0 Å². The summed E-state index contributed by atoms with van der Waals surface area (Å²) in [6.07, 6.45) is 9.41. The molecule has 8 heteroatoms. The van der Waals surface area contributed by atoms with Gasteiger partial charge in [-0.3, -0.25) is 9.59 Å². The average molecular weight is 578 g/mol. The van der Waals surface area contributed by atoms with Gasteiger partial charge in [-0.2, -0.15) is 0 Å². The molecule has 41 heavy (non-hydrogen) atoms. The molecule has 0 unspecified atom stereocenters. The molecule has 11 atom stereocenters. The summed E-state index contributed by atoms with van der Waals surface area (Å²) in [4.78, 5) is 23.5. The van der Waals surface area contributed by atoms with Crippen molar-refractivity contribution in [3.8, 4) is 0 Å². The highest BCUT2D eigenvalue weighted by atomic mass is 16.3. The van der Waals surface area contributed by atoms with Crippen LogP contribution in [0.1, 0.15) is 105 Å². The van der Waals surface area contributed by atoms with Gasteiger partial charge in [-0.25, -0.2) is 0 Å². The van der Waals surface area contributed by atoms with Gasteiger partial charge in [-0.05, 0) is 130 Å². The fourth-order valence-electron chi connectivity index (χ4n) is 10.1. The van der Waals surface area contributed by atoms with Crippen molar-refractivity contribution in [3.63, 3.8) is 0 Å². The standard InChI is InChI=1S/C33H59N3O5/c1-21(8-11-28(39)36-19-7-17-34-16-5-6-18-35-22(2)37)24-9-10-25-29-26(13-15-32(24,25)3)33(4)14-12-23(38)20-27(33)30(40)31(29)41/h21,23-27,29-31,34,38,40-41H,5-20H2,1-4H3,(H,35,37)(H,36,39)/t21-,23-,24-,25+,26+,27+,29+,30+,31+,32-,33-/m1/s1. The summed E-state index contributed by atoms with van der Waals surface area (Å²) in [5, 5.41) is 42.4. The van der Waals surface area contributed by atoms with Gasteiger partial charge in [0.15, 0.2) is 0 Å². The number of nitrogens with one attached hydrogen (secondary N) is 3. The third-order valence-corrected chi connectivity index (χ3v) is 12.3. The van der Waals surface area contributed by atoms with Gasteiger partial charge >= 0.3 is 0 Å². The van der Waals surface area contributed by atoms with Crippen LogP contribution in [-0.2, 0) is 9.59 Å². The summed E-state index contributed by atoms with van der Waals surface area (Å²) in [5.74, 6) is 2.09. The van der Waals surface area contributed by atoms with Gasteiger partial charge in [0, 0.05) is 26.4 Å². The second-order valence-corrected chi connectivity index (χ2v) is 14.7. The molecule has 4 aliphatic carbocycles. The molecule has 0 bridgehead atoms. The Bertz CT molecular complexity index is 887. The first-order valence-electron chi connectivity index (χ1n) is 16.7. The van der Waals surface area contributed by atoms with Crippen molar-refractivity contribution in [1.29, 1.82) is 0 Å². The van der Waals surface area contributed by atoms with E-state index in [2.05, 4.69) is 36.7 Å². The van der Waals surface area contributed by atoms with E-state index in [4.69, 9.17) is 0 Å². The van der Waals surface area contributed by atoms with Crippen LogP contribution in [0.5, 0.6) is 0 Å². The maximum absolute atomic E-state index is 12.6. The maximum atomic E-state index is 12.6. The summed E-state index contributed by atoms with van der Waals surface area (Å²) in [5.41, 5.74) is 0.137. The fourth-order valence-corrected chi connectivity index (χ4v) is 10.1. The predicted molar refractivity (Wildman–Crippen MR) is 161 cm³/mol. The summed E-state index contributed by atoms with van der Waals surface area (Å²) in [7, 11) is 0. The number of aliphatic hydroxyl groups excluding tert-OH is 3. The summed E-state index contributed by atoms with van der Waals surface area (Å²) in [6, 6.07) is 0. The van der Waals surface area contributed by atoms with E-state index in [1.54, 1.807) is 0 Å². The number of amides is 2. The van der Waals surface area contributed by atoms with Gasteiger partial charge in [0.1, 0.15) is 0 Å². The molecule has 0 aromatic rings. The zero-order chi connectivity index (χ0) is 29.8. The second kappa shape index (κ2) is 14.0. The Kier molecular flexibility index (Phi) is 11.2. The minimum absolute atomic E-state index is 0.00502. The molecular formula is C33H59N3O5. The van der Waals surface area contributed by atoms with Crippen molar-refractivity contribution in [1.82, 2.24) is 16.0 Å². The highest BCUT2D eigenvalue weighted by molar-refractivity contribution is 5.75. The van der Waals surface area contributed by atoms with Crippen LogP contribution in [0.4, 0.5) is 0 Å². The number of carbonyl (C=O) groups is 2. The number of rotatable bonds is 13. The molecule has 2 amide bonds. The first-order valence-corrected chi connectivity index (χ1v) is 16.7. The molecule has 0 spiro atoms. The summed E-state index contributed by atoms with van der Waals surface area (Å²) in [6.45, 7) is 11.8. The average Bonchev–Trinajstić information content (AvgIpc) is 3.29. The van der Waals surface area contributed by atoms with E-state index in [0.29, 0.717) is 43.1 Å². The first-order chi connectivity index (χ1) is 19.5. The first kappa shape index (κ1) is 32.7. The van der Waals surface area contributed by atoms with Crippen LogP contribution in [0.15, 0.2) is 0 Å². The molecule has 0 aliphatic heterocycles. The van der Waals surface area contributed by atoms with E-state index in [-0.39, 0.29) is 40.6 Å². The van der Waals surface area contributed by atoms with E-state index in [1.165, 1.54) is 6.92 Å². The lowest BCUT2D eigenvalue weighted by Gasteiger charge is -2.63. The summed E-state index contributed by atoms with van der Waals surface area (Å²) >= 11 is 0. The fraction of sp³-hybridized carbons (Fsp3) is 0.939. The number of hydrogen-bond acceptors (Lipinski definition) is 6. The number of fused-ring (bicyclic) bond motifs is 5. The lowest BCUT2D eigenvalue weighted by atomic mass is 9.43. The van der Waals surface area contributed by atoms with Crippen molar-refractivity contribution in [2.45, 2.75) is 123 Å². The van der Waals surface area contributed by atoms with E-state index >= 15 is 0 Å². The minimum Gasteiger partial charge on any atom is -0.393 e. The monoisotopic (exact) mass is 577 g/mol. The second-order valence-electron chi connectivity index (χ2n) is 14.7. The Labute approximate surface area is 248 Å². The highest BCUT2D eigenvalue weighted by Crippen LogP contribution is 2.68. The van der Waals surface area contributed by atoms with Gasteiger partial charge in [-0.1, -0.05) is 20.8 Å². The van der Waals surface area contributed by atoms with Crippen molar-refractivity contribution in [3.05, 3.63) is 0 Å². The zero-order valence-corrected chi connectivity index (χ0v) is 26.2. The molecule has 0 saturated heterocycles. The van der Waals surface area contributed by atoms with Crippen LogP contribution in [0.25, 0.3) is 0 Å². The number of carbonyl (C=O) groups excluding carboxylic acids is 2. The molecule has 4 rings (SSSR count). The van der Waals surface area contributed by atoms with E-state index in [9.17, 15) is 24.9 Å². The van der Waals surface area contributed by atoms with Crippen molar-refractivity contribution in [2.24, 2.45) is 46.3 Å². The van der Waals surface area contributed by atoms with E-state index < -0.39 is 12.2 Å². The SMILES string of the molecule is CC(=O)NCCCCNCCCNC(=O)CC[C@@H](C)[C@H]1CC[C@H]2[C@@H]3[C@H](O)[C@@H](O)[C@@H]4C[C@H](O)CC[C@]4(C)[C@H]3CC[C@]12C. The van der Waals surface area contributed by atoms with E-state index in [1.807, 2.05) is 0 Å². The quantitative estimate of drug-likeness (QED) is 0.186. The Morgan fingerprint density at radius 1 is 0.805 bits per heavy atom. The molecule has 236 valence electrons. The molecule has 0 heterocycles. The van der Waals surface area contributed by atoms with Crippen LogP contribution < -0.4 is 16.0 Å². The van der Waals surface area contributed by atoms with Crippen molar-refractivity contribution in [2.75, 3.05) is 26.2 Å². The topological polar surface area (TPSA) is 131 Å². The van der Waals surface area contributed by atoms with Crippen LogP contribution in [-0.4, -0.2) is 71.6 Å². The van der Waals surface area contributed by atoms with Gasteiger partial charge in [0.25, 0.3) is 0 Å². The van der Waals surface area contributed by atoms with Crippen LogP contribution in [0.2, 0.25) is 0 Å². The van der Waals surface area contributed by atoms with Crippen molar-refractivity contribution >= 4 is 11.8 Å². The maximum Gasteiger partial charge on any atom is 0.220 e. The molecule has 0 aromatic carbocycles. The van der Waals surface area contributed by atoms with Crippen molar-refractivity contribution < 1.29 is 24.9 Å². The Morgan fingerprint density at radius 2 is 1.46 bits per heavy atom. The predicted octanol–water partition coefficient (Wildman–Crippen LogP) is 3.38. The zero-order valence-electron chi connectivity index (χ0n) is 26.2. The third kappa shape index (κ3) is 7.13. The molecule has 4 fully saturated rings. The lowest BCUT2D eigenvalue weighted by Crippen LogP contribution is -2.64. The van der Waals surface area contributed by atoms with Gasteiger partial charge < -0.3 is 31.3 Å². The van der Waals surface area contributed by atoms with Crippen LogP contribution >= 0.6 is 0 Å². The van der Waals surface area contributed by atoms with E-state index in [0.717, 1.165) is 83.8 Å². The number of unbranched alkanes of at least 4 members (excludes halogenated alkanes) is 1. The normalized spacial score (nSPS) is 40.7. The number of aliphatic hydroxyl groups is 3. The summed E-state index contributed by atoms with van der Waals surface area (Å²) < 4.78 is 0. The molecule has 4 saturated carbocycles. The van der Waals surface area contributed by atoms with Gasteiger partial charge in [0.2, 0.25) is 11.8 Å². The number of hydrogen-bond donors (Lipinski definition) is 6. The van der Waals surface area contributed by atoms with Gasteiger partial charge in [-0.15, -0.1) is 0 Å². The molecule has 6 N–H and O–H groups in total. The highest BCUT2D eigenvalue weighted by Gasteiger charge is 2.65. The Hall–Kier alpha value is -1.22.